The quantitative estimate of drug-likeness (QED) is 0.890. The molecule has 0 aliphatic carbocycles. The van der Waals surface area contributed by atoms with Crippen LogP contribution in [-0.4, -0.2) is 44.6 Å². The van der Waals surface area contributed by atoms with Gasteiger partial charge in [0.2, 0.25) is 10.0 Å². The van der Waals surface area contributed by atoms with Crippen LogP contribution in [0.3, 0.4) is 0 Å². The first-order valence-electron chi connectivity index (χ1n) is 6.88. The van der Waals surface area contributed by atoms with Gasteiger partial charge in [0.05, 0.1) is 6.61 Å². The Hall–Kier alpha value is -1.02. The van der Waals surface area contributed by atoms with Crippen molar-refractivity contribution in [2.75, 3.05) is 26.8 Å². The van der Waals surface area contributed by atoms with Crippen LogP contribution in [0.25, 0.3) is 0 Å². The molecule has 0 atom stereocenters. The maximum absolute atomic E-state index is 13.8. The molecule has 0 saturated carbocycles. The maximum Gasteiger partial charge on any atom is 0.245 e. The van der Waals surface area contributed by atoms with Crippen molar-refractivity contribution in [3.05, 3.63) is 29.6 Å². The summed E-state index contributed by atoms with van der Waals surface area (Å²) in [7, 11) is -2.44. The van der Waals surface area contributed by atoms with E-state index in [1.54, 1.807) is 0 Å². The highest BCUT2D eigenvalue weighted by Crippen LogP contribution is 2.23. The molecule has 0 bridgehead atoms. The predicted octanol–water partition coefficient (Wildman–Crippen LogP) is 1.37. The van der Waals surface area contributed by atoms with Crippen LogP contribution in [0, 0.1) is 11.7 Å². The second-order valence-corrected chi connectivity index (χ2v) is 7.28. The van der Waals surface area contributed by atoms with Crippen LogP contribution in [0.1, 0.15) is 18.4 Å². The van der Waals surface area contributed by atoms with Gasteiger partial charge in [-0.3, -0.25) is 0 Å². The van der Waals surface area contributed by atoms with Crippen molar-refractivity contribution in [1.82, 2.24) is 4.31 Å². The largest absolute Gasteiger partial charge is 0.392 e. The van der Waals surface area contributed by atoms with Crippen molar-refractivity contribution in [1.29, 1.82) is 0 Å². The van der Waals surface area contributed by atoms with Gasteiger partial charge in [0.15, 0.2) is 0 Å². The van der Waals surface area contributed by atoms with E-state index >= 15 is 0 Å². The zero-order valence-corrected chi connectivity index (χ0v) is 12.8. The number of hydrogen-bond acceptors (Lipinski definition) is 4. The summed E-state index contributed by atoms with van der Waals surface area (Å²) < 4.78 is 45.2. The third-order valence-corrected chi connectivity index (χ3v) is 5.56. The van der Waals surface area contributed by atoms with Crippen LogP contribution in [0.2, 0.25) is 0 Å². The lowest BCUT2D eigenvalue weighted by molar-refractivity contribution is 0.0620. The SMILES string of the molecule is CN(CC1CCOCC1)S(=O)(=O)c1cc(CO)ccc1F. The van der Waals surface area contributed by atoms with E-state index in [0.717, 1.165) is 18.9 Å². The van der Waals surface area contributed by atoms with E-state index in [2.05, 4.69) is 0 Å². The lowest BCUT2D eigenvalue weighted by atomic mass is 10.0. The summed E-state index contributed by atoms with van der Waals surface area (Å²) in [6, 6.07) is 3.62. The average molecular weight is 317 g/mol. The molecule has 1 aliphatic rings. The topological polar surface area (TPSA) is 66.8 Å². The standard InChI is InChI=1S/C14H20FNO4S/c1-16(9-11-4-6-20-7-5-11)21(18,19)14-8-12(10-17)2-3-13(14)15/h2-3,8,11,17H,4-7,9-10H2,1H3. The molecule has 1 aromatic carbocycles. The van der Waals surface area contributed by atoms with Gasteiger partial charge in [0.1, 0.15) is 10.7 Å². The summed E-state index contributed by atoms with van der Waals surface area (Å²) in [6.45, 7) is 1.28. The molecule has 0 aromatic heterocycles. The van der Waals surface area contributed by atoms with Crippen molar-refractivity contribution in [2.24, 2.45) is 5.92 Å². The third-order valence-electron chi connectivity index (χ3n) is 3.72. The molecule has 0 unspecified atom stereocenters. The first-order chi connectivity index (χ1) is 9.95. The Kier molecular flexibility index (Phi) is 5.32. The molecule has 1 aromatic rings. The number of rotatable bonds is 5. The van der Waals surface area contributed by atoms with E-state index in [4.69, 9.17) is 9.84 Å². The van der Waals surface area contributed by atoms with Crippen LogP contribution in [0.4, 0.5) is 4.39 Å². The minimum Gasteiger partial charge on any atom is -0.392 e. The zero-order chi connectivity index (χ0) is 15.5. The molecule has 0 amide bonds. The molecule has 118 valence electrons. The van der Waals surface area contributed by atoms with Crippen molar-refractivity contribution in [3.63, 3.8) is 0 Å². The Morgan fingerprint density at radius 3 is 2.67 bits per heavy atom. The number of aliphatic hydroxyl groups excluding tert-OH is 1. The normalized spacial score (nSPS) is 17.3. The molecular formula is C14H20FNO4S. The van der Waals surface area contributed by atoms with Crippen molar-refractivity contribution < 1.29 is 22.7 Å². The number of sulfonamides is 1. The highest BCUT2D eigenvalue weighted by atomic mass is 32.2. The fourth-order valence-electron chi connectivity index (χ4n) is 2.40. The Labute approximate surface area is 124 Å². The van der Waals surface area contributed by atoms with Gasteiger partial charge in [-0.25, -0.2) is 17.1 Å². The molecule has 5 nitrogen and oxygen atoms in total. The zero-order valence-electron chi connectivity index (χ0n) is 12.0. The molecule has 7 heteroatoms. The van der Waals surface area contributed by atoms with Gasteiger partial charge in [-0.05, 0) is 36.5 Å². The Morgan fingerprint density at radius 2 is 2.05 bits per heavy atom. The number of halogens is 1. The Balaban J connectivity index is 2.20. The minimum atomic E-state index is -3.90. The summed E-state index contributed by atoms with van der Waals surface area (Å²) in [5.41, 5.74) is 0.370. The van der Waals surface area contributed by atoms with Gasteiger partial charge < -0.3 is 9.84 Å². The van der Waals surface area contributed by atoms with Crippen LogP contribution < -0.4 is 0 Å². The smallest absolute Gasteiger partial charge is 0.245 e. The van der Waals surface area contributed by atoms with Crippen molar-refractivity contribution in [3.8, 4) is 0 Å². The fraction of sp³-hybridized carbons (Fsp3) is 0.571. The van der Waals surface area contributed by atoms with Crippen LogP contribution in [0.15, 0.2) is 23.1 Å². The summed E-state index contributed by atoms with van der Waals surface area (Å²) >= 11 is 0. The predicted molar refractivity (Wildman–Crippen MR) is 75.7 cm³/mol. The first-order valence-corrected chi connectivity index (χ1v) is 8.32. The second kappa shape index (κ2) is 6.83. The van der Waals surface area contributed by atoms with Crippen molar-refractivity contribution in [2.45, 2.75) is 24.3 Å². The monoisotopic (exact) mass is 317 g/mol. The number of aliphatic hydroxyl groups is 1. The molecule has 1 fully saturated rings. The van der Waals surface area contributed by atoms with Crippen LogP contribution in [-0.2, 0) is 21.4 Å². The lowest BCUT2D eigenvalue weighted by Gasteiger charge is -2.26. The molecule has 1 heterocycles. The van der Waals surface area contributed by atoms with Crippen molar-refractivity contribution >= 4 is 10.0 Å². The molecule has 21 heavy (non-hydrogen) atoms. The summed E-state index contributed by atoms with van der Waals surface area (Å²) in [6.07, 6.45) is 1.61. The fourth-order valence-corrected chi connectivity index (χ4v) is 3.76. The summed E-state index contributed by atoms with van der Waals surface area (Å²) in [4.78, 5) is -0.386. The van der Waals surface area contributed by atoms with Crippen LogP contribution >= 0.6 is 0 Å². The van der Waals surface area contributed by atoms with Gasteiger partial charge in [-0.1, -0.05) is 6.07 Å². The van der Waals surface area contributed by atoms with Gasteiger partial charge in [-0.15, -0.1) is 0 Å². The Bertz CT molecular complexity index is 585. The number of nitrogens with zero attached hydrogens (tertiary/aromatic N) is 1. The third kappa shape index (κ3) is 3.79. The molecule has 1 aliphatic heterocycles. The van der Waals surface area contributed by atoms with E-state index in [9.17, 15) is 12.8 Å². The van der Waals surface area contributed by atoms with E-state index in [0.29, 0.717) is 25.3 Å². The van der Waals surface area contributed by atoms with Gasteiger partial charge >= 0.3 is 0 Å². The molecule has 0 spiro atoms. The van der Waals surface area contributed by atoms with Gasteiger partial charge in [0.25, 0.3) is 0 Å². The van der Waals surface area contributed by atoms with Gasteiger partial charge in [-0.2, -0.15) is 0 Å². The van der Waals surface area contributed by atoms with Gasteiger partial charge in [0, 0.05) is 26.8 Å². The van der Waals surface area contributed by atoms with E-state index in [1.807, 2.05) is 0 Å². The molecule has 0 radical (unpaired) electrons. The van der Waals surface area contributed by atoms with E-state index < -0.39 is 15.8 Å². The number of hydrogen-bond donors (Lipinski definition) is 1. The highest BCUT2D eigenvalue weighted by Gasteiger charge is 2.27. The van der Waals surface area contributed by atoms with E-state index in [1.165, 1.54) is 23.5 Å². The molecule has 1 N–H and O–H groups in total. The lowest BCUT2D eigenvalue weighted by Crippen LogP contribution is -2.34. The number of benzene rings is 1. The number of ether oxygens (including phenoxy) is 1. The van der Waals surface area contributed by atoms with E-state index in [-0.39, 0.29) is 17.4 Å². The second-order valence-electron chi connectivity index (χ2n) is 5.26. The molecule has 1 saturated heterocycles. The summed E-state index contributed by atoms with van der Waals surface area (Å²) in [5.74, 6) is -0.575. The highest BCUT2D eigenvalue weighted by molar-refractivity contribution is 7.89. The first kappa shape index (κ1) is 16.4. The average Bonchev–Trinajstić information content (AvgIpc) is 2.48. The maximum atomic E-state index is 13.8. The minimum absolute atomic E-state index is 0.225. The molecular weight excluding hydrogens is 297 g/mol. The summed E-state index contributed by atoms with van der Waals surface area (Å²) in [5, 5.41) is 9.07. The molecule has 2 rings (SSSR count). The Morgan fingerprint density at radius 1 is 1.38 bits per heavy atom. The van der Waals surface area contributed by atoms with Crippen LogP contribution in [0.5, 0.6) is 0 Å².